The number of aryl methyl sites for hydroxylation is 2. The van der Waals surface area contributed by atoms with Gasteiger partial charge in [0.15, 0.2) is 5.58 Å². The summed E-state index contributed by atoms with van der Waals surface area (Å²) < 4.78 is 6.09. The van der Waals surface area contributed by atoms with Gasteiger partial charge >= 0.3 is 0 Å². The molecule has 0 aliphatic carbocycles. The topological polar surface area (TPSA) is 26.0 Å². The highest BCUT2D eigenvalue weighted by atomic mass is 16.3. The first-order chi connectivity index (χ1) is 14.2. The van der Waals surface area contributed by atoms with Crippen LogP contribution < -0.4 is 0 Å². The minimum absolute atomic E-state index is 0.808. The van der Waals surface area contributed by atoms with Gasteiger partial charge in [-0.1, -0.05) is 65.7 Å². The van der Waals surface area contributed by atoms with Crippen LogP contribution in [0.4, 0.5) is 0 Å². The fraction of sp³-hybridized carbons (Fsp3) is 0.0741. The second-order valence-electron chi connectivity index (χ2n) is 7.51. The van der Waals surface area contributed by atoms with E-state index in [1.54, 1.807) is 0 Å². The average Bonchev–Trinajstić information content (AvgIpc) is 3.17. The molecule has 0 spiro atoms. The highest BCUT2D eigenvalue weighted by molar-refractivity contribution is 5.82. The van der Waals surface area contributed by atoms with Crippen LogP contribution in [0, 0.1) is 13.8 Å². The molecular weight excluding hydrogens is 354 g/mol. The maximum absolute atomic E-state index is 6.09. The highest BCUT2D eigenvalue weighted by Gasteiger charge is 2.10. The van der Waals surface area contributed by atoms with E-state index < -0.39 is 0 Å². The Bertz CT molecular complexity index is 1290. The standard InChI is InChI=1S/C27H21NO/c1-18-13-19(2)15-23(14-18)27-17-25-26(29-27)12-11-24(28-25)22-10-6-9-21(16-22)20-7-4-3-5-8-20/h3-17H,1-2H3. The first-order valence-corrected chi connectivity index (χ1v) is 9.81. The zero-order valence-corrected chi connectivity index (χ0v) is 16.5. The Morgan fingerprint density at radius 1 is 0.586 bits per heavy atom. The monoisotopic (exact) mass is 375 g/mol. The molecule has 5 rings (SSSR count). The van der Waals surface area contributed by atoms with Gasteiger partial charge in [0.1, 0.15) is 11.3 Å². The SMILES string of the molecule is Cc1cc(C)cc(-c2cc3nc(-c4cccc(-c5ccccc5)c4)ccc3o2)c1. The van der Waals surface area contributed by atoms with Gasteiger partial charge in [-0.25, -0.2) is 4.98 Å². The lowest BCUT2D eigenvalue weighted by Crippen LogP contribution is -1.85. The van der Waals surface area contributed by atoms with Crippen LogP contribution in [0.1, 0.15) is 11.1 Å². The van der Waals surface area contributed by atoms with Crippen LogP contribution in [0.3, 0.4) is 0 Å². The Labute approximate surface area is 170 Å². The zero-order chi connectivity index (χ0) is 19.8. The third kappa shape index (κ3) is 3.45. The van der Waals surface area contributed by atoms with Crippen molar-refractivity contribution in [1.82, 2.24) is 4.98 Å². The first kappa shape index (κ1) is 17.4. The fourth-order valence-corrected chi connectivity index (χ4v) is 3.83. The molecule has 5 aromatic rings. The minimum Gasteiger partial charge on any atom is -0.454 e. The van der Waals surface area contributed by atoms with Gasteiger partial charge in [0.2, 0.25) is 0 Å². The molecule has 0 aliphatic heterocycles. The lowest BCUT2D eigenvalue weighted by molar-refractivity contribution is 0.631. The molecule has 0 saturated carbocycles. The quantitative estimate of drug-likeness (QED) is 0.327. The van der Waals surface area contributed by atoms with Crippen molar-refractivity contribution in [2.75, 3.05) is 0 Å². The van der Waals surface area contributed by atoms with Crippen LogP contribution in [0.5, 0.6) is 0 Å². The zero-order valence-electron chi connectivity index (χ0n) is 16.5. The number of fused-ring (bicyclic) bond motifs is 1. The molecule has 0 unspecified atom stereocenters. The molecule has 0 saturated heterocycles. The molecule has 2 heteroatoms. The summed E-state index contributed by atoms with van der Waals surface area (Å²) in [5.74, 6) is 0.856. The van der Waals surface area contributed by atoms with Crippen LogP contribution in [-0.2, 0) is 0 Å². The number of rotatable bonds is 3. The average molecular weight is 375 g/mol. The molecule has 29 heavy (non-hydrogen) atoms. The molecular formula is C27H21NO. The molecule has 140 valence electrons. The van der Waals surface area contributed by atoms with Crippen LogP contribution in [0.25, 0.3) is 44.8 Å². The molecule has 0 N–H and O–H groups in total. The van der Waals surface area contributed by atoms with Crippen LogP contribution in [0.15, 0.2) is 95.4 Å². The van der Waals surface area contributed by atoms with Crippen LogP contribution in [0.2, 0.25) is 0 Å². The normalized spacial score (nSPS) is 11.1. The Balaban J connectivity index is 1.55. The van der Waals surface area contributed by atoms with Gasteiger partial charge in [-0.05, 0) is 55.3 Å². The van der Waals surface area contributed by atoms with Crippen molar-refractivity contribution in [3.63, 3.8) is 0 Å². The molecule has 0 atom stereocenters. The van der Waals surface area contributed by atoms with Crippen molar-refractivity contribution in [3.05, 3.63) is 102 Å². The molecule has 2 nitrogen and oxygen atoms in total. The molecule has 0 amide bonds. The van der Waals surface area contributed by atoms with Gasteiger partial charge in [0.05, 0.1) is 5.69 Å². The molecule has 0 radical (unpaired) electrons. The van der Waals surface area contributed by atoms with Crippen molar-refractivity contribution in [2.24, 2.45) is 0 Å². The molecule has 0 fully saturated rings. The Hall–Kier alpha value is -3.65. The molecule has 2 heterocycles. The number of aromatic nitrogens is 1. The summed E-state index contributed by atoms with van der Waals surface area (Å²) in [6.45, 7) is 4.21. The largest absolute Gasteiger partial charge is 0.454 e. The van der Waals surface area contributed by atoms with E-state index in [9.17, 15) is 0 Å². The summed E-state index contributed by atoms with van der Waals surface area (Å²) in [6, 6.07) is 31.5. The van der Waals surface area contributed by atoms with E-state index in [2.05, 4.69) is 80.6 Å². The van der Waals surface area contributed by atoms with Crippen molar-refractivity contribution in [1.29, 1.82) is 0 Å². The van der Waals surface area contributed by atoms with Crippen molar-refractivity contribution in [3.8, 4) is 33.7 Å². The second kappa shape index (κ2) is 7.06. The lowest BCUT2D eigenvalue weighted by Gasteiger charge is -2.05. The first-order valence-electron chi connectivity index (χ1n) is 9.81. The smallest absolute Gasteiger partial charge is 0.153 e. The number of furan rings is 1. The van der Waals surface area contributed by atoms with Crippen molar-refractivity contribution >= 4 is 11.1 Å². The van der Waals surface area contributed by atoms with E-state index in [1.807, 2.05) is 24.3 Å². The number of benzene rings is 3. The maximum atomic E-state index is 6.09. The summed E-state index contributed by atoms with van der Waals surface area (Å²) in [6.07, 6.45) is 0. The van der Waals surface area contributed by atoms with Gasteiger partial charge in [-0.15, -0.1) is 0 Å². The maximum Gasteiger partial charge on any atom is 0.153 e. The van der Waals surface area contributed by atoms with Crippen molar-refractivity contribution in [2.45, 2.75) is 13.8 Å². The summed E-state index contributed by atoms with van der Waals surface area (Å²) in [5, 5.41) is 0. The number of pyridine rings is 1. The van der Waals surface area contributed by atoms with Crippen LogP contribution >= 0.6 is 0 Å². The molecule has 0 bridgehead atoms. The van der Waals surface area contributed by atoms with Crippen molar-refractivity contribution < 1.29 is 4.42 Å². The molecule has 2 aromatic heterocycles. The number of hydrogen-bond acceptors (Lipinski definition) is 2. The predicted octanol–water partition coefficient (Wildman–Crippen LogP) is 7.45. The Morgan fingerprint density at radius 2 is 1.31 bits per heavy atom. The second-order valence-corrected chi connectivity index (χ2v) is 7.51. The van der Waals surface area contributed by atoms with E-state index in [0.717, 1.165) is 33.7 Å². The van der Waals surface area contributed by atoms with Gasteiger partial charge in [-0.2, -0.15) is 0 Å². The lowest BCUT2D eigenvalue weighted by atomic mass is 10.0. The third-order valence-electron chi connectivity index (χ3n) is 5.15. The highest BCUT2D eigenvalue weighted by Crippen LogP contribution is 2.31. The summed E-state index contributed by atoms with van der Waals surface area (Å²) in [7, 11) is 0. The predicted molar refractivity (Wildman–Crippen MR) is 120 cm³/mol. The van der Waals surface area contributed by atoms with E-state index in [1.165, 1.54) is 22.3 Å². The van der Waals surface area contributed by atoms with Gasteiger partial charge < -0.3 is 4.42 Å². The van der Waals surface area contributed by atoms with E-state index in [-0.39, 0.29) is 0 Å². The molecule has 0 aliphatic rings. The van der Waals surface area contributed by atoms with E-state index in [0.29, 0.717) is 0 Å². The van der Waals surface area contributed by atoms with Gasteiger partial charge in [-0.3, -0.25) is 0 Å². The van der Waals surface area contributed by atoms with Gasteiger partial charge in [0.25, 0.3) is 0 Å². The minimum atomic E-state index is 0.808. The number of hydrogen-bond donors (Lipinski definition) is 0. The molecule has 3 aromatic carbocycles. The van der Waals surface area contributed by atoms with E-state index >= 15 is 0 Å². The summed E-state index contributed by atoms with van der Waals surface area (Å²) in [5.41, 5.74) is 9.67. The van der Waals surface area contributed by atoms with Crippen LogP contribution in [-0.4, -0.2) is 4.98 Å². The van der Waals surface area contributed by atoms with Gasteiger partial charge in [0, 0.05) is 17.2 Å². The summed E-state index contributed by atoms with van der Waals surface area (Å²) in [4.78, 5) is 4.88. The summed E-state index contributed by atoms with van der Waals surface area (Å²) >= 11 is 0. The van der Waals surface area contributed by atoms with E-state index in [4.69, 9.17) is 9.40 Å². The third-order valence-corrected chi connectivity index (χ3v) is 5.15. The Morgan fingerprint density at radius 3 is 2.10 bits per heavy atom. The Kier molecular flexibility index (Phi) is 4.25. The fourth-order valence-electron chi connectivity index (χ4n) is 3.83. The number of nitrogens with zero attached hydrogens (tertiary/aromatic N) is 1.